The first-order valence-corrected chi connectivity index (χ1v) is 5.60. The summed E-state index contributed by atoms with van der Waals surface area (Å²) < 4.78 is 1.71. The van der Waals surface area contributed by atoms with Crippen molar-refractivity contribution < 1.29 is 0 Å². The second-order valence-corrected chi connectivity index (χ2v) is 4.15. The van der Waals surface area contributed by atoms with Crippen LogP contribution in [-0.2, 0) is 0 Å². The van der Waals surface area contributed by atoms with Crippen LogP contribution in [0.2, 0.25) is 5.02 Å². The summed E-state index contributed by atoms with van der Waals surface area (Å²) >= 11 is 6.13. The minimum absolute atomic E-state index is 0.111. The zero-order valence-corrected chi connectivity index (χ0v) is 9.61. The monoisotopic (exact) mass is 244 g/mol. The Kier molecular flexibility index (Phi) is 2.27. The van der Waals surface area contributed by atoms with E-state index in [1.165, 1.54) is 0 Å². The number of hydrogen-bond acceptors (Lipinski definition) is 1. The van der Waals surface area contributed by atoms with Crippen LogP contribution < -0.4 is 5.56 Å². The van der Waals surface area contributed by atoms with Crippen LogP contribution in [0.3, 0.4) is 0 Å². The fraction of sp³-hybridized carbons (Fsp3) is 0. The maximum atomic E-state index is 11.8. The van der Waals surface area contributed by atoms with Gasteiger partial charge in [-0.3, -0.25) is 14.6 Å². The zero-order valence-electron chi connectivity index (χ0n) is 8.85. The third-order valence-corrected chi connectivity index (χ3v) is 3.02. The minimum Gasteiger partial charge on any atom is -0.267 e. The van der Waals surface area contributed by atoms with Crippen molar-refractivity contribution in [2.75, 3.05) is 0 Å². The van der Waals surface area contributed by atoms with Gasteiger partial charge < -0.3 is 0 Å². The van der Waals surface area contributed by atoms with Crippen molar-refractivity contribution in [3.63, 3.8) is 0 Å². The van der Waals surface area contributed by atoms with E-state index in [9.17, 15) is 4.79 Å². The van der Waals surface area contributed by atoms with Gasteiger partial charge in [-0.1, -0.05) is 35.9 Å². The van der Waals surface area contributed by atoms with E-state index in [1.54, 1.807) is 16.8 Å². The van der Waals surface area contributed by atoms with Crippen molar-refractivity contribution in [1.29, 1.82) is 0 Å². The van der Waals surface area contributed by atoms with E-state index >= 15 is 0 Å². The Hall–Kier alpha value is -2.00. The van der Waals surface area contributed by atoms with E-state index in [1.807, 2.05) is 36.4 Å². The minimum atomic E-state index is -0.111. The molecule has 4 heteroatoms. The van der Waals surface area contributed by atoms with Gasteiger partial charge in [0.1, 0.15) is 0 Å². The molecule has 3 nitrogen and oxygen atoms in total. The number of H-pyrrole nitrogens is 1. The quantitative estimate of drug-likeness (QED) is 0.702. The number of benzene rings is 2. The summed E-state index contributed by atoms with van der Waals surface area (Å²) in [4.78, 5) is 11.8. The normalized spacial score (nSPS) is 10.9. The van der Waals surface area contributed by atoms with Gasteiger partial charge >= 0.3 is 0 Å². The van der Waals surface area contributed by atoms with Gasteiger partial charge in [-0.15, -0.1) is 0 Å². The Morgan fingerprint density at radius 1 is 1.00 bits per heavy atom. The van der Waals surface area contributed by atoms with Crippen LogP contribution in [-0.4, -0.2) is 9.78 Å². The van der Waals surface area contributed by atoms with Crippen molar-refractivity contribution in [2.45, 2.75) is 0 Å². The Balaban J connectivity index is 2.40. The molecule has 84 valence electrons. The highest BCUT2D eigenvalue weighted by Crippen LogP contribution is 2.22. The summed E-state index contributed by atoms with van der Waals surface area (Å²) in [5, 5.41) is 4.05. The van der Waals surface area contributed by atoms with Gasteiger partial charge in [-0.2, -0.15) is 0 Å². The molecule has 0 aliphatic heterocycles. The molecule has 0 saturated heterocycles. The molecule has 0 aliphatic carbocycles. The molecule has 1 aromatic heterocycles. The summed E-state index contributed by atoms with van der Waals surface area (Å²) in [6, 6.07) is 14.8. The van der Waals surface area contributed by atoms with Crippen LogP contribution in [0.15, 0.2) is 53.3 Å². The second-order valence-electron chi connectivity index (χ2n) is 3.74. The van der Waals surface area contributed by atoms with Gasteiger partial charge in [0.2, 0.25) is 0 Å². The van der Waals surface area contributed by atoms with Crippen molar-refractivity contribution in [3.8, 4) is 5.69 Å². The number of halogens is 1. The second kappa shape index (κ2) is 3.79. The fourth-order valence-corrected chi connectivity index (χ4v) is 2.13. The Bertz CT molecular complexity index is 742. The van der Waals surface area contributed by atoms with Gasteiger partial charge in [-0.05, 0) is 24.3 Å². The summed E-state index contributed by atoms with van der Waals surface area (Å²) in [5.74, 6) is 0. The van der Waals surface area contributed by atoms with Crippen LogP contribution in [0.5, 0.6) is 0 Å². The van der Waals surface area contributed by atoms with E-state index in [0.717, 1.165) is 11.2 Å². The summed E-state index contributed by atoms with van der Waals surface area (Å²) in [6.07, 6.45) is 0. The molecule has 2 aromatic carbocycles. The van der Waals surface area contributed by atoms with Gasteiger partial charge in [-0.25, -0.2) is 0 Å². The Morgan fingerprint density at radius 3 is 2.53 bits per heavy atom. The third kappa shape index (κ3) is 1.56. The molecule has 0 radical (unpaired) electrons. The van der Waals surface area contributed by atoms with E-state index in [-0.39, 0.29) is 5.56 Å². The highest BCUT2D eigenvalue weighted by atomic mass is 35.5. The molecule has 1 N–H and O–H groups in total. The molecule has 0 unspecified atom stereocenters. The van der Waals surface area contributed by atoms with Crippen LogP contribution >= 0.6 is 11.6 Å². The molecule has 0 amide bonds. The molecule has 0 aliphatic rings. The number of rotatable bonds is 1. The molecule has 0 fully saturated rings. The van der Waals surface area contributed by atoms with Crippen molar-refractivity contribution >= 4 is 22.5 Å². The van der Waals surface area contributed by atoms with E-state index in [2.05, 4.69) is 5.10 Å². The molecule has 0 bridgehead atoms. The molecule has 3 aromatic rings. The highest BCUT2D eigenvalue weighted by Gasteiger charge is 2.08. The van der Waals surface area contributed by atoms with Crippen molar-refractivity contribution in [1.82, 2.24) is 9.78 Å². The molecule has 0 saturated carbocycles. The molecule has 0 atom stereocenters. The van der Waals surface area contributed by atoms with Gasteiger partial charge in [0.05, 0.1) is 21.6 Å². The lowest BCUT2D eigenvalue weighted by Crippen LogP contribution is -2.04. The highest BCUT2D eigenvalue weighted by molar-refractivity contribution is 6.32. The number of aromatic amines is 1. The van der Waals surface area contributed by atoms with Crippen molar-refractivity contribution in [2.24, 2.45) is 0 Å². The van der Waals surface area contributed by atoms with Gasteiger partial charge in [0, 0.05) is 0 Å². The first-order chi connectivity index (χ1) is 8.27. The summed E-state index contributed by atoms with van der Waals surface area (Å²) in [5.41, 5.74) is 1.48. The fourth-order valence-electron chi connectivity index (χ4n) is 1.91. The first-order valence-electron chi connectivity index (χ1n) is 5.22. The lowest BCUT2D eigenvalue weighted by molar-refractivity contribution is 0.891. The van der Waals surface area contributed by atoms with E-state index < -0.39 is 0 Å². The van der Waals surface area contributed by atoms with Gasteiger partial charge in [0.15, 0.2) is 0 Å². The van der Waals surface area contributed by atoms with Crippen LogP contribution in [0.1, 0.15) is 0 Å². The smallest absolute Gasteiger partial charge is 0.267 e. The number of nitrogens with one attached hydrogen (secondary N) is 1. The lowest BCUT2D eigenvalue weighted by atomic mass is 10.2. The van der Waals surface area contributed by atoms with E-state index in [0.29, 0.717) is 10.4 Å². The van der Waals surface area contributed by atoms with Crippen LogP contribution in [0.25, 0.3) is 16.6 Å². The summed E-state index contributed by atoms with van der Waals surface area (Å²) in [6.45, 7) is 0. The average molecular weight is 245 g/mol. The number of aromatic nitrogens is 2. The number of para-hydroxylation sites is 2. The molecule has 17 heavy (non-hydrogen) atoms. The number of fused-ring (bicyclic) bond motifs is 1. The SMILES string of the molecule is O=c1[nH]n(-c2ccccc2Cl)c2ccccc12. The van der Waals surface area contributed by atoms with Gasteiger partial charge in [0.25, 0.3) is 5.56 Å². The number of nitrogens with zero attached hydrogens (tertiary/aromatic N) is 1. The predicted molar refractivity (Wildman–Crippen MR) is 68.9 cm³/mol. The maximum Gasteiger partial charge on any atom is 0.272 e. The van der Waals surface area contributed by atoms with Crippen molar-refractivity contribution in [3.05, 3.63) is 63.9 Å². The molecule has 3 rings (SSSR count). The predicted octanol–water partition coefficient (Wildman–Crippen LogP) is 2.97. The molecular formula is C13H9ClN2O. The topological polar surface area (TPSA) is 37.8 Å². The van der Waals surface area contributed by atoms with Crippen LogP contribution in [0.4, 0.5) is 0 Å². The van der Waals surface area contributed by atoms with Crippen LogP contribution in [0, 0.1) is 0 Å². The molecular weight excluding hydrogens is 236 g/mol. The maximum absolute atomic E-state index is 11.8. The standard InChI is InChI=1S/C13H9ClN2O/c14-10-6-2-4-8-12(10)16-11-7-3-1-5-9(11)13(17)15-16/h1-8H,(H,15,17). The zero-order chi connectivity index (χ0) is 11.8. The largest absolute Gasteiger partial charge is 0.272 e. The van der Waals surface area contributed by atoms with E-state index in [4.69, 9.17) is 11.6 Å². The Morgan fingerprint density at radius 2 is 1.71 bits per heavy atom. The summed E-state index contributed by atoms with van der Waals surface area (Å²) in [7, 11) is 0. The number of hydrogen-bond donors (Lipinski definition) is 1. The molecule has 1 heterocycles. The first kappa shape index (κ1) is 10.2. The Labute approximate surface area is 102 Å². The average Bonchev–Trinajstić information content (AvgIpc) is 2.68. The third-order valence-electron chi connectivity index (χ3n) is 2.70. The lowest BCUT2D eigenvalue weighted by Gasteiger charge is -2.05. The molecule has 0 spiro atoms.